The van der Waals surface area contributed by atoms with Crippen LogP contribution in [0.25, 0.3) is 0 Å². The fraction of sp³-hybridized carbons (Fsp3) is 0.529. The molecule has 2 rings (SSSR count). The van der Waals surface area contributed by atoms with Gasteiger partial charge in [0.05, 0.1) is 23.5 Å². The Morgan fingerprint density at radius 3 is 2.75 bits per heavy atom. The van der Waals surface area contributed by atoms with Gasteiger partial charge in [0.15, 0.2) is 0 Å². The van der Waals surface area contributed by atoms with Crippen molar-refractivity contribution < 1.29 is 19.4 Å². The summed E-state index contributed by atoms with van der Waals surface area (Å²) >= 11 is 5.98. The van der Waals surface area contributed by atoms with E-state index >= 15 is 0 Å². The van der Waals surface area contributed by atoms with Gasteiger partial charge < -0.3 is 20.1 Å². The number of halogens is 1. The Kier molecular flexibility index (Phi) is 6.21. The number of anilines is 1. The van der Waals surface area contributed by atoms with Gasteiger partial charge >= 0.3 is 0 Å². The third-order valence-corrected chi connectivity index (χ3v) is 4.01. The van der Waals surface area contributed by atoms with Gasteiger partial charge in [-0.15, -0.1) is 0 Å². The Hall–Kier alpha value is -1.63. The van der Waals surface area contributed by atoms with E-state index in [1.807, 2.05) is 13.8 Å². The zero-order valence-corrected chi connectivity index (χ0v) is 14.8. The minimum Gasteiger partial charge on any atom is -0.388 e. The molecule has 0 saturated carbocycles. The van der Waals surface area contributed by atoms with E-state index < -0.39 is 12.2 Å². The van der Waals surface area contributed by atoms with Crippen molar-refractivity contribution in [1.29, 1.82) is 0 Å². The fourth-order valence-electron chi connectivity index (χ4n) is 2.62. The number of β-amino-alcohol motifs (C(OH)–C–C–N with tert-alkyl or cyclic N) is 1. The summed E-state index contributed by atoms with van der Waals surface area (Å²) in [6, 6.07) is 4.74. The molecule has 1 aromatic carbocycles. The Morgan fingerprint density at radius 2 is 2.12 bits per heavy atom. The van der Waals surface area contributed by atoms with Gasteiger partial charge in [-0.3, -0.25) is 9.59 Å². The van der Waals surface area contributed by atoms with Crippen molar-refractivity contribution in [3.63, 3.8) is 0 Å². The maximum atomic E-state index is 12.8. The molecule has 132 valence electrons. The number of aliphatic hydroxyl groups is 1. The van der Waals surface area contributed by atoms with Crippen molar-refractivity contribution in [3.8, 4) is 0 Å². The second kappa shape index (κ2) is 7.96. The van der Waals surface area contributed by atoms with Crippen molar-refractivity contribution in [2.45, 2.75) is 45.5 Å². The Labute approximate surface area is 146 Å². The highest BCUT2D eigenvalue weighted by Gasteiger charge is 2.36. The first-order valence-corrected chi connectivity index (χ1v) is 8.41. The lowest BCUT2D eigenvalue weighted by Gasteiger charge is -2.19. The minimum absolute atomic E-state index is 0.0327. The van der Waals surface area contributed by atoms with E-state index in [9.17, 15) is 14.7 Å². The molecule has 1 aliphatic heterocycles. The molecule has 1 aromatic rings. The average Bonchev–Trinajstić information content (AvgIpc) is 2.87. The van der Waals surface area contributed by atoms with Crippen LogP contribution in [0.2, 0.25) is 5.02 Å². The van der Waals surface area contributed by atoms with E-state index in [2.05, 4.69) is 5.32 Å². The van der Waals surface area contributed by atoms with Gasteiger partial charge in [-0.2, -0.15) is 0 Å². The van der Waals surface area contributed by atoms with Crippen LogP contribution in [0.4, 0.5) is 5.69 Å². The molecule has 24 heavy (non-hydrogen) atoms. The molecule has 0 aromatic heterocycles. The lowest BCUT2D eigenvalue weighted by Crippen LogP contribution is -2.31. The van der Waals surface area contributed by atoms with Crippen LogP contribution in [0, 0.1) is 0 Å². The van der Waals surface area contributed by atoms with Gasteiger partial charge in [-0.05, 0) is 32.0 Å². The third-order valence-electron chi connectivity index (χ3n) is 3.78. The second-order valence-corrected chi connectivity index (χ2v) is 6.53. The van der Waals surface area contributed by atoms with Crippen molar-refractivity contribution in [3.05, 3.63) is 28.8 Å². The number of hydrogen-bond acceptors (Lipinski definition) is 4. The van der Waals surface area contributed by atoms with Crippen LogP contribution in [0.1, 0.15) is 37.6 Å². The van der Waals surface area contributed by atoms with E-state index in [1.54, 1.807) is 25.1 Å². The molecule has 2 atom stereocenters. The smallest absolute Gasteiger partial charge is 0.256 e. The molecular formula is C17H23ClN2O4. The number of benzene rings is 1. The Morgan fingerprint density at radius 1 is 1.42 bits per heavy atom. The van der Waals surface area contributed by atoms with Crippen LogP contribution in [-0.2, 0) is 9.53 Å². The van der Waals surface area contributed by atoms with E-state index in [1.165, 1.54) is 4.90 Å². The summed E-state index contributed by atoms with van der Waals surface area (Å²) in [6.07, 6.45) is -0.866. The monoisotopic (exact) mass is 354 g/mol. The number of nitrogens with one attached hydrogen (secondary N) is 1. The number of hydrogen-bond donors (Lipinski definition) is 2. The number of amides is 2. The number of aliphatic hydroxyl groups excluding tert-OH is 1. The molecule has 0 aliphatic carbocycles. The van der Waals surface area contributed by atoms with Crippen LogP contribution in [0.3, 0.4) is 0 Å². The van der Waals surface area contributed by atoms with Gasteiger partial charge in [-0.1, -0.05) is 18.5 Å². The number of nitrogens with zero attached hydrogens (tertiary/aromatic N) is 1. The molecule has 2 N–H and O–H groups in total. The van der Waals surface area contributed by atoms with E-state index in [4.69, 9.17) is 16.3 Å². The van der Waals surface area contributed by atoms with Crippen LogP contribution >= 0.6 is 11.6 Å². The quantitative estimate of drug-likeness (QED) is 0.850. The summed E-state index contributed by atoms with van der Waals surface area (Å²) < 4.78 is 5.64. The minimum atomic E-state index is -0.725. The van der Waals surface area contributed by atoms with Gasteiger partial charge in [0.1, 0.15) is 6.10 Å². The molecule has 1 heterocycles. The number of carbonyl (C=O) groups is 2. The highest BCUT2D eigenvalue weighted by atomic mass is 35.5. The SMILES string of the molecule is CCC(=O)Nc1cc(Cl)ccc1C(=O)N1C[C@H](OC(C)C)[C@@H](O)C1. The molecule has 0 bridgehead atoms. The summed E-state index contributed by atoms with van der Waals surface area (Å²) in [5.41, 5.74) is 0.723. The zero-order chi connectivity index (χ0) is 17.9. The molecule has 1 aliphatic rings. The molecule has 0 spiro atoms. The predicted octanol–water partition coefficient (Wildman–Crippen LogP) is 2.30. The zero-order valence-electron chi connectivity index (χ0n) is 14.1. The average molecular weight is 355 g/mol. The lowest BCUT2D eigenvalue weighted by molar-refractivity contribution is -0.115. The number of rotatable bonds is 5. The predicted molar refractivity (Wildman–Crippen MR) is 92.3 cm³/mol. The van der Waals surface area contributed by atoms with Crippen LogP contribution in [0.5, 0.6) is 0 Å². The van der Waals surface area contributed by atoms with Crippen molar-refractivity contribution in [2.75, 3.05) is 18.4 Å². The molecule has 1 fully saturated rings. The largest absolute Gasteiger partial charge is 0.388 e. The Bertz CT molecular complexity index is 621. The summed E-state index contributed by atoms with van der Waals surface area (Å²) in [6.45, 7) is 6.00. The molecule has 2 amide bonds. The third kappa shape index (κ3) is 4.47. The standard InChI is InChI=1S/C17H23ClN2O4/c1-4-16(22)19-13-7-11(18)5-6-12(13)17(23)20-8-14(21)15(9-20)24-10(2)3/h5-7,10,14-15,21H,4,8-9H2,1-3H3,(H,19,22)/t14-,15-/m0/s1. The molecule has 7 heteroatoms. The maximum absolute atomic E-state index is 12.8. The number of carbonyl (C=O) groups excluding carboxylic acids is 2. The summed E-state index contributed by atoms with van der Waals surface area (Å²) in [4.78, 5) is 26.0. The van der Waals surface area contributed by atoms with E-state index in [0.29, 0.717) is 29.2 Å². The molecule has 0 radical (unpaired) electrons. The number of likely N-dealkylation sites (tertiary alicyclic amines) is 1. The highest BCUT2D eigenvalue weighted by molar-refractivity contribution is 6.31. The topological polar surface area (TPSA) is 78.9 Å². The Balaban J connectivity index is 2.19. The first-order chi connectivity index (χ1) is 11.3. The second-order valence-electron chi connectivity index (χ2n) is 6.09. The van der Waals surface area contributed by atoms with Crippen LogP contribution in [0.15, 0.2) is 18.2 Å². The van der Waals surface area contributed by atoms with Crippen LogP contribution in [-0.4, -0.2) is 53.2 Å². The normalized spacial score (nSPS) is 20.5. The van der Waals surface area contributed by atoms with Gasteiger partial charge in [-0.25, -0.2) is 0 Å². The molecule has 6 nitrogen and oxygen atoms in total. The maximum Gasteiger partial charge on any atom is 0.256 e. The fourth-order valence-corrected chi connectivity index (χ4v) is 2.79. The summed E-state index contributed by atoms with van der Waals surface area (Å²) in [7, 11) is 0. The van der Waals surface area contributed by atoms with Crippen molar-refractivity contribution >= 4 is 29.1 Å². The lowest BCUT2D eigenvalue weighted by atomic mass is 10.1. The summed E-state index contributed by atoms with van der Waals surface area (Å²) in [5, 5.41) is 13.2. The van der Waals surface area contributed by atoms with Gasteiger partial charge in [0.25, 0.3) is 5.91 Å². The first-order valence-electron chi connectivity index (χ1n) is 8.04. The van der Waals surface area contributed by atoms with Crippen molar-refractivity contribution in [1.82, 2.24) is 4.90 Å². The van der Waals surface area contributed by atoms with Crippen molar-refractivity contribution in [2.24, 2.45) is 0 Å². The summed E-state index contributed by atoms with van der Waals surface area (Å²) in [5.74, 6) is -0.472. The van der Waals surface area contributed by atoms with Gasteiger partial charge in [0.2, 0.25) is 5.91 Å². The van der Waals surface area contributed by atoms with E-state index in [0.717, 1.165) is 0 Å². The van der Waals surface area contributed by atoms with Gasteiger partial charge in [0, 0.05) is 24.5 Å². The van der Waals surface area contributed by atoms with E-state index in [-0.39, 0.29) is 24.5 Å². The molecular weight excluding hydrogens is 332 g/mol. The first kappa shape index (κ1) is 18.7. The number of ether oxygens (including phenoxy) is 1. The highest BCUT2D eigenvalue weighted by Crippen LogP contribution is 2.25. The molecule has 0 unspecified atom stereocenters. The molecule has 1 saturated heterocycles. The van der Waals surface area contributed by atoms with Crippen LogP contribution < -0.4 is 5.32 Å².